The molecule has 0 aromatic heterocycles. The van der Waals surface area contributed by atoms with Gasteiger partial charge in [0.05, 0.1) is 11.8 Å². The van der Waals surface area contributed by atoms with Crippen LogP contribution in [-0.2, 0) is 10.0 Å². The van der Waals surface area contributed by atoms with Crippen LogP contribution >= 0.6 is 24.0 Å². The van der Waals surface area contributed by atoms with Crippen LogP contribution in [-0.4, -0.2) is 39.8 Å². The molecule has 6 nitrogen and oxygen atoms in total. The van der Waals surface area contributed by atoms with Gasteiger partial charge >= 0.3 is 0 Å². The highest BCUT2D eigenvalue weighted by atomic mass is 127. The summed E-state index contributed by atoms with van der Waals surface area (Å²) in [5.74, 6) is 0.844. The molecule has 24 heavy (non-hydrogen) atoms. The van der Waals surface area contributed by atoms with E-state index >= 15 is 0 Å². The first-order valence-corrected chi connectivity index (χ1v) is 9.70. The molecule has 0 saturated carbocycles. The average molecular weight is 468 g/mol. The Bertz CT molecular complexity index is 579. The number of guanidine groups is 1. The van der Waals surface area contributed by atoms with Crippen LogP contribution in [0.2, 0.25) is 0 Å². The molecule has 0 aliphatic heterocycles. The van der Waals surface area contributed by atoms with Crippen LogP contribution in [0.15, 0.2) is 35.3 Å². The Kier molecular flexibility index (Phi) is 12.0. The third kappa shape index (κ3) is 9.43. The smallest absolute Gasteiger partial charge is 0.211 e. The molecule has 0 bridgehead atoms. The molecule has 0 aliphatic rings. The minimum Gasteiger partial charge on any atom is -0.357 e. The van der Waals surface area contributed by atoms with Crippen molar-refractivity contribution in [3.05, 3.63) is 35.9 Å². The van der Waals surface area contributed by atoms with Crippen LogP contribution in [0.1, 0.15) is 38.8 Å². The molecular weight excluding hydrogens is 439 g/mol. The summed E-state index contributed by atoms with van der Waals surface area (Å²) in [7, 11) is -3.12. The van der Waals surface area contributed by atoms with Gasteiger partial charge in [-0.15, -0.1) is 24.0 Å². The first-order valence-electron chi connectivity index (χ1n) is 8.05. The highest BCUT2D eigenvalue weighted by molar-refractivity contribution is 14.0. The SMILES string of the molecule is CCNC(=NCCCNS(=O)(=O)CC)NC(C)c1ccccc1.I. The van der Waals surface area contributed by atoms with E-state index < -0.39 is 10.0 Å². The van der Waals surface area contributed by atoms with Gasteiger partial charge in [0, 0.05) is 19.6 Å². The molecule has 1 atom stereocenters. The third-order valence-electron chi connectivity index (χ3n) is 3.30. The lowest BCUT2D eigenvalue weighted by atomic mass is 10.1. The summed E-state index contributed by atoms with van der Waals surface area (Å²) in [6, 6.07) is 10.3. The van der Waals surface area contributed by atoms with Gasteiger partial charge in [0.25, 0.3) is 0 Å². The monoisotopic (exact) mass is 468 g/mol. The number of sulfonamides is 1. The van der Waals surface area contributed by atoms with Crippen LogP contribution in [0, 0.1) is 0 Å². The zero-order valence-corrected chi connectivity index (χ0v) is 17.7. The molecule has 1 rings (SSSR count). The predicted octanol–water partition coefficient (Wildman–Crippen LogP) is 2.25. The molecule has 8 heteroatoms. The molecule has 1 aromatic carbocycles. The van der Waals surface area contributed by atoms with Gasteiger partial charge in [0.2, 0.25) is 10.0 Å². The minimum atomic E-state index is -3.12. The van der Waals surface area contributed by atoms with E-state index in [0.717, 1.165) is 12.5 Å². The normalized spacial score (nSPS) is 13.0. The van der Waals surface area contributed by atoms with E-state index in [1.165, 1.54) is 5.56 Å². The average Bonchev–Trinajstić information content (AvgIpc) is 2.55. The second-order valence-corrected chi connectivity index (χ2v) is 7.28. The Morgan fingerprint density at radius 2 is 1.88 bits per heavy atom. The Balaban J connectivity index is 0.00000529. The lowest BCUT2D eigenvalue weighted by molar-refractivity contribution is 0.580. The van der Waals surface area contributed by atoms with Gasteiger partial charge in [-0.2, -0.15) is 0 Å². The lowest BCUT2D eigenvalue weighted by Gasteiger charge is -2.18. The first-order chi connectivity index (χ1) is 11.0. The fourth-order valence-corrected chi connectivity index (χ4v) is 2.61. The van der Waals surface area contributed by atoms with E-state index in [2.05, 4.69) is 39.4 Å². The summed E-state index contributed by atoms with van der Waals surface area (Å²) in [6.45, 7) is 7.46. The van der Waals surface area contributed by atoms with E-state index in [1.54, 1.807) is 6.92 Å². The summed E-state index contributed by atoms with van der Waals surface area (Å²) in [5, 5.41) is 6.55. The molecule has 0 heterocycles. The maximum absolute atomic E-state index is 11.3. The number of aliphatic imine (C=N–C) groups is 1. The summed E-state index contributed by atoms with van der Waals surface area (Å²) in [4.78, 5) is 4.48. The zero-order valence-electron chi connectivity index (χ0n) is 14.6. The summed E-state index contributed by atoms with van der Waals surface area (Å²) in [6.07, 6.45) is 0.662. The van der Waals surface area contributed by atoms with Crippen molar-refractivity contribution in [1.82, 2.24) is 15.4 Å². The molecule has 0 saturated heterocycles. The largest absolute Gasteiger partial charge is 0.357 e. The molecular formula is C16H29IN4O2S. The van der Waals surface area contributed by atoms with Gasteiger partial charge < -0.3 is 10.6 Å². The highest BCUT2D eigenvalue weighted by Gasteiger charge is 2.07. The van der Waals surface area contributed by atoms with Crippen molar-refractivity contribution < 1.29 is 8.42 Å². The number of nitrogens with one attached hydrogen (secondary N) is 3. The Morgan fingerprint density at radius 1 is 1.21 bits per heavy atom. The van der Waals surface area contributed by atoms with E-state index in [1.807, 2.05) is 25.1 Å². The Hall–Kier alpha value is -0.870. The molecule has 0 aliphatic carbocycles. The topological polar surface area (TPSA) is 82.6 Å². The molecule has 0 spiro atoms. The van der Waals surface area contributed by atoms with Gasteiger partial charge in [-0.05, 0) is 32.8 Å². The third-order valence-corrected chi connectivity index (χ3v) is 4.71. The quantitative estimate of drug-likeness (QED) is 0.225. The summed E-state index contributed by atoms with van der Waals surface area (Å²) >= 11 is 0. The van der Waals surface area contributed by atoms with Crippen LogP contribution < -0.4 is 15.4 Å². The van der Waals surface area contributed by atoms with Crippen molar-refractivity contribution in [2.45, 2.75) is 33.2 Å². The van der Waals surface area contributed by atoms with Crippen molar-refractivity contribution >= 4 is 40.0 Å². The Morgan fingerprint density at radius 3 is 2.46 bits per heavy atom. The molecule has 0 amide bonds. The molecule has 0 fully saturated rings. The number of halogens is 1. The van der Waals surface area contributed by atoms with Crippen molar-refractivity contribution in [3.8, 4) is 0 Å². The summed E-state index contributed by atoms with van der Waals surface area (Å²) < 4.78 is 25.2. The maximum atomic E-state index is 11.3. The maximum Gasteiger partial charge on any atom is 0.211 e. The van der Waals surface area contributed by atoms with Gasteiger partial charge in [-0.1, -0.05) is 30.3 Å². The standard InChI is InChI=1S/C16H28N4O2S.HI/c1-4-17-16(18-12-9-13-19-23(21,22)5-2)20-14(3)15-10-7-6-8-11-15;/h6-8,10-11,14,19H,4-5,9,12-13H2,1-3H3,(H2,17,18,20);1H. The van der Waals surface area contributed by atoms with Gasteiger partial charge in [0.1, 0.15) is 0 Å². The van der Waals surface area contributed by atoms with Crippen molar-refractivity contribution in [2.75, 3.05) is 25.4 Å². The highest BCUT2D eigenvalue weighted by Crippen LogP contribution is 2.10. The van der Waals surface area contributed by atoms with E-state index in [9.17, 15) is 8.42 Å². The number of rotatable bonds is 9. The second kappa shape index (κ2) is 12.5. The van der Waals surface area contributed by atoms with Gasteiger partial charge in [-0.25, -0.2) is 13.1 Å². The van der Waals surface area contributed by atoms with Crippen molar-refractivity contribution in [2.24, 2.45) is 4.99 Å². The minimum absolute atomic E-state index is 0. The van der Waals surface area contributed by atoms with Crippen LogP contribution in [0.3, 0.4) is 0 Å². The van der Waals surface area contributed by atoms with Gasteiger partial charge in [0.15, 0.2) is 5.96 Å². The number of hydrogen-bond acceptors (Lipinski definition) is 3. The number of hydrogen-bond donors (Lipinski definition) is 3. The van der Waals surface area contributed by atoms with Gasteiger partial charge in [-0.3, -0.25) is 4.99 Å². The fourth-order valence-electron chi connectivity index (χ4n) is 1.95. The van der Waals surface area contributed by atoms with Crippen molar-refractivity contribution in [3.63, 3.8) is 0 Å². The number of benzene rings is 1. The van der Waals surface area contributed by atoms with E-state index in [0.29, 0.717) is 19.5 Å². The fraction of sp³-hybridized carbons (Fsp3) is 0.562. The first kappa shape index (κ1) is 23.1. The molecule has 0 radical (unpaired) electrons. The van der Waals surface area contributed by atoms with E-state index in [4.69, 9.17) is 0 Å². The van der Waals surface area contributed by atoms with Crippen LogP contribution in [0.25, 0.3) is 0 Å². The van der Waals surface area contributed by atoms with Crippen LogP contribution in [0.5, 0.6) is 0 Å². The Labute approximate surface area is 163 Å². The second-order valence-electron chi connectivity index (χ2n) is 5.19. The zero-order chi connectivity index (χ0) is 17.1. The van der Waals surface area contributed by atoms with E-state index in [-0.39, 0.29) is 35.8 Å². The number of nitrogens with zero attached hydrogens (tertiary/aromatic N) is 1. The molecule has 3 N–H and O–H groups in total. The molecule has 138 valence electrons. The van der Waals surface area contributed by atoms with Crippen LogP contribution in [0.4, 0.5) is 0 Å². The lowest BCUT2D eigenvalue weighted by Crippen LogP contribution is -2.39. The molecule has 1 aromatic rings. The predicted molar refractivity (Wildman–Crippen MR) is 111 cm³/mol. The molecule has 1 unspecified atom stereocenters. The van der Waals surface area contributed by atoms with Crippen molar-refractivity contribution in [1.29, 1.82) is 0 Å². The summed E-state index contributed by atoms with van der Waals surface area (Å²) in [5.41, 5.74) is 1.19.